The average molecular weight is 269 g/mol. The summed E-state index contributed by atoms with van der Waals surface area (Å²) in [6, 6.07) is 1.68. The van der Waals surface area contributed by atoms with E-state index < -0.39 is 0 Å². The number of nitrogens with one attached hydrogen (secondary N) is 1. The fourth-order valence-corrected chi connectivity index (χ4v) is 2.32. The summed E-state index contributed by atoms with van der Waals surface area (Å²) in [5.74, 6) is -0.204. The molecule has 0 spiro atoms. The highest BCUT2D eigenvalue weighted by Crippen LogP contribution is 2.24. The van der Waals surface area contributed by atoms with Gasteiger partial charge in [0.2, 0.25) is 0 Å². The molecule has 1 unspecified atom stereocenters. The molecular weight excluding hydrogens is 252 g/mol. The molecule has 0 aliphatic carbocycles. The first-order valence-electron chi connectivity index (χ1n) is 6.04. The zero-order chi connectivity index (χ0) is 13.2. The predicted octanol–water partition coefficient (Wildman–Crippen LogP) is 2.34. The zero-order valence-electron chi connectivity index (χ0n) is 10.6. The van der Waals surface area contributed by atoms with Gasteiger partial charge in [-0.25, -0.2) is 0 Å². The maximum Gasteiger partial charge on any atom is 0.254 e. The Morgan fingerprint density at radius 3 is 3.06 bits per heavy atom. The Hall–Kier alpha value is -1.13. The van der Waals surface area contributed by atoms with Crippen LogP contribution in [0, 0.1) is 6.92 Å². The number of pyridine rings is 1. The number of rotatable bonds is 3. The fourth-order valence-electron chi connectivity index (χ4n) is 2.03. The fraction of sp³-hybridized carbons (Fsp3) is 0.538. The second-order valence-electron chi connectivity index (χ2n) is 4.89. The normalized spacial score (nSPS) is 23.1. The Bertz CT molecular complexity index is 456. The summed E-state index contributed by atoms with van der Waals surface area (Å²) in [5, 5.41) is 3.28. The van der Waals surface area contributed by atoms with Gasteiger partial charge in [0.15, 0.2) is 0 Å². The Balaban J connectivity index is 1.99. The van der Waals surface area contributed by atoms with Crippen LogP contribution in [0.1, 0.15) is 35.8 Å². The van der Waals surface area contributed by atoms with E-state index in [1.165, 1.54) is 6.20 Å². The van der Waals surface area contributed by atoms with Gasteiger partial charge in [0.05, 0.1) is 16.2 Å². The van der Waals surface area contributed by atoms with Gasteiger partial charge in [-0.1, -0.05) is 11.6 Å². The van der Waals surface area contributed by atoms with Crippen molar-refractivity contribution in [3.63, 3.8) is 0 Å². The summed E-state index contributed by atoms with van der Waals surface area (Å²) >= 11 is 6.02. The first-order chi connectivity index (χ1) is 8.50. The Morgan fingerprint density at radius 2 is 2.44 bits per heavy atom. The minimum atomic E-state index is -0.250. The van der Waals surface area contributed by atoms with Gasteiger partial charge in [-0.05, 0) is 32.8 Å². The summed E-state index contributed by atoms with van der Waals surface area (Å²) in [6.45, 7) is 5.10. The van der Waals surface area contributed by atoms with E-state index in [-0.39, 0.29) is 11.5 Å². The van der Waals surface area contributed by atoms with E-state index in [9.17, 15) is 4.79 Å². The van der Waals surface area contributed by atoms with Crippen molar-refractivity contribution in [2.24, 2.45) is 0 Å². The maximum absolute atomic E-state index is 12.0. The number of hydrogen-bond acceptors (Lipinski definition) is 3. The van der Waals surface area contributed by atoms with Crippen LogP contribution < -0.4 is 5.32 Å². The van der Waals surface area contributed by atoms with E-state index in [1.54, 1.807) is 6.07 Å². The van der Waals surface area contributed by atoms with Crippen LogP contribution in [0.15, 0.2) is 12.3 Å². The molecule has 1 N–H and O–H groups in total. The standard InChI is InChI=1S/C13H17ClN2O2/c1-9-6-11(14)10(7-15-9)12(17)16-8-13(2)4-3-5-18-13/h6-7H,3-5,8H2,1-2H3,(H,16,17). The summed E-state index contributed by atoms with van der Waals surface area (Å²) in [7, 11) is 0. The largest absolute Gasteiger partial charge is 0.373 e. The van der Waals surface area contributed by atoms with E-state index in [2.05, 4.69) is 10.3 Å². The summed E-state index contributed by atoms with van der Waals surface area (Å²) in [5.41, 5.74) is 0.951. The van der Waals surface area contributed by atoms with Crippen LogP contribution in [-0.4, -0.2) is 29.6 Å². The maximum atomic E-state index is 12.0. The molecule has 1 atom stereocenters. The lowest BCUT2D eigenvalue weighted by Crippen LogP contribution is -2.40. The van der Waals surface area contributed by atoms with Gasteiger partial charge in [-0.3, -0.25) is 9.78 Å². The number of nitrogens with zero attached hydrogens (tertiary/aromatic N) is 1. The molecule has 1 amide bonds. The minimum absolute atomic E-state index is 0.204. The molecule has 2 rings (SSSR count). The predicted molar refractivity (Wildman–Crippen MR) is 69.9 cm³/mol. The SMILES string of the molecule is Cc1cc(Cl)c(C(=O)NCC2(C)CCCO2)cn1. The lowest BCUT2D eigenvalue weighted by molar-refractivity contribution is 0.0206. The summed E-state index contributed by atoms with van der Waals surface area (Å²) in [6.07, 6.45) is 3.51. The van der Waals surface area contributed by atoms with Gasteiger partial charge in [0.1, 0.15) is 0 Å². The number of ether oxygens (including phenoxy) is 1. The first kappa shape index (κ1) is 13.3. The number of hydrogen-bond donors (Lipinski definition) is 1. The molecule has 5 heteroatoms. The molecule has 18 heavy (non-hydrogen) atoms. The van der Waals surface area contributed by atoms with Crippen molar-refractivity contribution in [2.45, 2.75) is 32.3 Å². The minimum Gasteiger partial charge on any atom is -0.373 e. The van der Waals surface area contributed by atoms with E-state index in [0.29, 0.717) is 17.1 Å². The second kappa shape index (κ2) is 5.24. The third-order valence-corrected chi connectivity index (χ3v) is 3.47. The van der Waals surface area contributed by atoms with Gasteiger partial charge in [0.25, 0.3) is 5.91 Å². The van der Waals surface area contributed by atoms with Crippen LogP contribution in [0.2, 0.25) is 5.02 Å². The molecule has 98 valence electrons. The average Bonchev–Trinajstić information content (AvgIpc) is 2.74. The third kappa shape index (κ3) is 3.00. The number of aromatic nitrogens is 1. The second-order valence-corrected chi connectivity index (χ2v) is 5.30. The molecular formula is C13H17ClN2O2. The first-order valence-corrected chi connectivity index (χ1v) is 6.42. The van der Waals surface area contributed by atoms with E-state index in [4.69, 9.17) is 16.3 Å². The summed E-state index contributed by atoms with van der Waals surface area (Å²) in [4.78, 5) is 16.1. The number of carbonyl (C=O) groups excluding carboxylic acids is 1. The molecule has 0 saturated carbocycles. The number of amides is 1. The van der Waals surface area contributed by atoms with Crippen LogP contribution in [0.25, 0.3) is 0 Å². The van der Waals surface area contributed by atoms with Crippen LogP contribution >= 0.6 is 11.6 Å². The lowest BCUT2D eigenvalue weighted by atomic mass is 10.0. The molecule has 4 nitrogen and oxygen atoms in total. The van der Waals surface area contributed by atoms with Crippen LogP contribution in [0.4, 0.5) is 0 Å². The smallest absolute Gasteiger partial charge is 0.254 e. The van der Waals surface area contributed by atoms with Crippen molar-refractivity contribution in [3.05, 3.63) is 28.5 Å². The molecule has 0 radical (unpaired) electrons. The lowest BCUT2D eigenvalue weighted by Gasteiger charge is -2.23. The third-order valence-electron chi connectivity index (χ3n) is 3.16. The molecule has 2 heterocycles. The monoisotopic (exact) mass is 268 g/mol. The van der Waals surface area contributed by atoms with Gasteiger partial charge in [-0.15, -0.1) is 0 Å². The van der Waals surface area contributed by atoms with Crippen LogP contribution in [-0.2, 0) is 4.74 Å². The summed E-state index contributed by atoms with van der Waals surface area (Å²) < 4.78 is 5.61. The van der Waals surface area contributed by atoms with Gasteiger partial charge in [-0.2, -0.15) is 0 Å². The molecule has 0 aromatic carbocycles. The quantitative estimate of drug-likeness (QED) is 0.915. The Morgan fingerprint density at radius 1 is 1.67 bits per heavy atom. The molecule has 1 aliphatic rings. The van der Waals surface area contributed by atoms with E-state index >= 15 is 0 Å². The van der Waals surface area contributed by atoms with Crippen LogP contribution in [0.5, 0.6) is 0 Å². The van der Waals surface area contributed by atoms with E-state index in [0.717, 1.165) is 25.1 Å². The van der Waals surface area contributed by atoms with Gasteiger partial charge in [0, 0.05) is 25.0 Å². The molecule has 1 aromatic heterocycles. The highest BCUT2D eigenvalue weighted by molar-refractivity contribution is 6.33. The number of halogens is 1. The zero-order valence-corrected chi connectivity index (χ0v) is 11.4. The molecule has 0 bridgehead atoms. The Kier molecular flexibility index (Phi) is 3.88. The highest BCUT2D eigenvalue weighted by atomic mass is 35.5. The van der Waals surface area contributed by atoms with Crippen LogP contribution in [0.3, 0.4) is 0 Å². The van der Waals surface area contributed by atoms with Crippen molar-refractivity contribution in [1.82, 2.24) is 10.3 Å². The topological polar surface area (TPSA) is 51.2 Å². The molecule has 1 fully saturated rings. The van der Waals surface area contributed by atoms with Crippen molar-refractivity contribution in [1.29, 1.82) is 0 Å². The number of aryl methyl sites for hydroxylation is 1. The molecule has 1 aromatic rings. The van der Waals surface area contributed by atoms with Crippen molar-refractivity contribution in [2.75, 3.05) is 13.2 Å². The van der Waals surface area contributed by atoms with Crippen molar-refractivity contribution < 1.29 is 9.53 Å². The van der Waals surface area contributed by atoms with Gasteiger partial charge >= 0.3 is 0 Å². The number of carbonyl (C=O) groups is 1. The van der Waals surface area contributed by atoms with Crippen molar-refractivity contribution >= 4 is 17.5 Å². The highest BCUT2D eigenvalue weighted by Gasteiger charge is 2.30. The molecule has 1 saturated heterocycles. The van der Waals surface area contributed by atoms with E-state index in [1.807, 2.05) is 13.8 Å². The van der Waals surface area contributed by atoms with Gasteiger partial charge < -0.3 is 10.1 Å². The Labute approximate surface area is 112 Å². The molecule has 1 aliphatic heterocycles. The van der Waals surface area contributed by atoms with Crippen molar-refractivity contribution in [3.8, 4) is 0 Å².